The molecule has 2 aliphatic heterocycles. The number of halogens is 3. The molecule has 7 heteroatoms. The summed E-state index contributed by atoms with van der Waals surface area (Å²) >= 11 is 0. The minimum Gasteiger partial charge on any atom is -0.325 e. The molecule has 0 unspecified atom stereocenters. The van der Waals surface area contributed by atoms with Crippen molar-refractivity contribution < 1.29 is 18.0 Å². The maximum Gasteiger partial charge on any atom is 0.406 e. The predicted octanol–water partition coefficient (Wildman–Crippen LogP) is 2.21. The summed E-state index contributed by atoms with van der Waals surface area (Å²) in [5.74, 6) is 0. The average molecular weight is 293 g/mol. The van der Waals surface area contributed by atoms with Crippen molar-refractivity contribution in [2.45, 2.75) is 44.3 Å². The summed E-state index contributed by atoms with van der Waals surface area (Å²) in [4.78, 5) is 15.0. The second-order valence-corrected chi connectivity index (χ2v) is 5.55. The van der Waals surface area contributed by atoms with E-state index in [2.05, 4.69) is 5.32 Å². The van der Waals surface area contributed by atoms with Crippen LogP contribution in [0.4, 0.5) is 18.0 Å². The number of likely N-dealkylation sites (tertiary alicyclic amines) is 1. The number of rotatable bonds is 2. The first-order chi connectivity index (χ1) is 9.47. The lowest BCUT2D eigenvalue weighted by Crippen LogP contribution is -2.54. The fourth-order valence-electron chi connectivity index (χ4n) is 2.93. The number of alkyl halides is 3. The number of carbonyl (C=O) groups is 1. The molecule has 0 aromatic heterocycles. The van der Waals surface area contributed by atoms with Gasteiger partial charge in [-0.15, -0.1) is 0 Å². The van der Waals surface area contributed by atoms with Crippen molar-refractivity contribution in [3.63, 3.8) is 0 Å². The van der Waals surface area contributed by atoms with Crippen LogP contribution in [0.2, 0.25) is 0 Å². The minimum absolute atomic E-state index is 0.299. The topological polar surface area (TPSA) is 35.6 Å². The van der Waals surface area contributed by atoms with Crippen LogP contribution in [0.15, 0.2) is 0 Å². The maximum atomic E-state index is 12.8. The van der Waals surface area contributed by atoms with E-state index >= 15 is 0 Å². The van der Waals surface area contributed by atoms with E-state index in [9.17, 15) is 18.0 Å². The molecule has 2 fully saturated rings. The predicted molar refractivity (Wildman–Crippen MR) is 69.5 cm³/mol. The van der Waals surface area contributed by atoms with Gasteiger partial charge in [-0.25, -0.2) is 4.79 Å². The maximum absolute atomic E-state index is 12.8. The number of amides is 2. The lowest BCUT2D eigenvalue weighted by molar-refractivity contribution is -0.146. The Hall–Kier alpha value is -0.980. The van der Waals surface area contributed by atoms with E-state index in [-0.39, 0.29) is 6.04 Å². The van der Waals surface area contributed by atoms with Gasteiger partial charge in [0.15, 0.2) is 0 Å². The highest BCUT2D eigenvalue weighted by Crippen LogP contribution is 2.23. The third-order valence-corrected chi connectivity index (χ3v) is 3.97. The lowest BCUT2D eigenvalue weighted by Gasteiger charge is -2.39. The van der Waals surface area contributed by atoms with Crippen LogP contribution in [-0.2, 0) is 0 Å². The molecule has 20 heavy (non-hydrogen) atoms. The van der Waals surface area contributed by atoms with E-state index in [0.29, 0.717) is 39.0 Å². The van der Waals surface area contributed by atoms with E-state index in [1.165, 1.54) is 0 Å². The van der Waals surface area contributed by atoms with Gasteiger partial charge in [0.1, 0.15) is 6.54 Å². The van der Waals surface area contributed by atoms with Crippen LogP contribution in [-0.4, -0.2) is 60.8 Å². The summed E-state index contributed by atoms with van der Waals surface area (Å²) in [5, 5.41) is 3.12. The Morgan fingerprint density at radius 3 is 2.30 bits per heavy atom. The summed E-state index contributed by atoms with van der Waals surface area (Å²) in [6.45, 7) is 1.38. The normalized spacial score (nSPS) is 21.9. The molecule has 2 heterocycles. The Balaban J connectivity index is 2.05. The average Bonchev–Trinajstić information content (AvgIpc) is 2.45. The number of nitrogens with zero attached hydrogens (tertiary/aromatic N) is 2. The molecule has 2 amide bonds. The monoisotopic (exact) mass is 293 g/mol. The summed E-state index contributed by atoms with van der Waals surface area (Å²) in [5.41, 5.74) is 0. The lowest BCUT2D eigenvalue weighted by atomic mass is 10.0. The number of piperidine rings is 2. The molecule has 1 N–H and O–H groups in total. The van der Waals surface area contributed by atoms with Crippen molar-refractivity contribution in [3.8, 4) is 0 Å². The smallest absolute Gasteiger partial charge is 0.325 e. The quantitative estimate of drug-likeness (QED) is 0.847. The molecule has 0 bridgehead atoms. The SMILES string of the molecule is O=C(N1CCCCC1)N(CC(F)(F)F)C1CCNCC1. The Kier molecular flexibility index (Phi) is 5.12. The third kappa shape index (κ3) is 4.26. The van der Waals surface area contributed by atoms with Crippen molar-refractivity contribution in [1.29, 1.82) is 0 Å². The summed E-state index contributed by atoms with van der Waals surface area (Å²) in [6, 6.07) is -0.735. The molecule has 2 saturated heterocycles. The number of urea groups is 1. The number of hydrogen-bond donors (Lipinski definition) is 1. The van der Waals surface area contributed by atoms with Gasteiger partial charge in [-0.05, 0) is 45.2 Å². The van der Waals surface area contributed by atoms with Crippen LogP contribution < -0.4 is 5.32 Å². The van der Waals surface area contributed by atoms with Gasteiger partial charge < -0.3 is 15.1 Å². The molecule has 0 saturated carbocycles. The van der Waals surface area contributed by atoms with Crippen LogP contribution in [0, 0.1) is 0 Å². The molecule has 0 radical (unpaired) electrons. The van der Waals surface area contributed by atoms with E-state index < -0.39 is 18.8 Å². The van der Waals surface area contributed by atoms with Crippen molar-refractivity contribution in [2.24, 2.45) is 0 Å². The van der Waals surface area contributed by atoms with E-state index in [0.717, 1.165) is 24.2 Å². The van der Waals surface area contributed by atoms with Gasteiger partial charge in [-0.1, -0.05) is 0 Å². The molecule has 4 nitrogen and oxygen atoms in total. The van der Waals surface area contributed by atoms with E-state index in [1.807, 2.05) is 0 Å². The number of carbonyl (C=O) groups excluding carboxylic acids is 1. The van der Waals surface area contributed by atoms with Gasteiger partial charge in [0.05, 0.1) is 0 Å². The minimum atomic E-state index is -4.34. The molecular weight excluding hydrogens is 271 g/mol. The molecule has 0 atom stereocenters. The second-order valence-electron chi connectivity index (χ2n) is 5.55. The van der Waals surface area contributed by atoms with Crippen LogP contribution in [0.5, 0.6) is 0 Å². The largest absolute Gasteiger partial charge is 0.406 e. The Bertz CT molecular complexity index is 323. The van der Waals surface area contributed by atoms with Crippen molar-refractivity contribution in [2.75, 3.05) is 32.7 Å². The zero-order valence-electron chi connectivity index (χ0n) is 11.6. The van der Waals surface area contributed by atoms with Crippen molar-refractivity contribution in [3.05, 3.63) is 0 Å². The van der Waals surface area contributed by atoms with Gasteiger partial charge in [0, 0.05) is 19.1 Å². The third-order valence-electron chi connectivity index (χ3n) is 3.97. The highest BCUT2D eigenvalue weighted by molar-refractivity contribution is 5.75. The molecule has 2 aliphatic rings. The van der Waals surface area contributed by atoms with E-state index in [1.54, 1.807) is 4.90 Å². The Morgan fingerprint density at radius 1 is 1.15 bits per heavy atom. The number of hydrogen-bond acceptors (Lipinski definition) is 2. The Labute approximate surface area is 117 Å². The molecule has 116 valence electrons. The zero-order chi connectivity index (χ0) is 14.6. The van der Waals surface area contributed by atoms with Crippen LogP contribution in [0.1, 0.15) is 32.1 Å². The molecule has 0 aromatic rings. The molecule has 2 rings (SSSR count). The van der Waals surface area contributed by atoms with Crippen molar-refractivity contribution >= 4 is 6.03 Å². The Morgan fingerprint density at radius 2 is 1.75 bits per heavy atom. The van der Waals surface area contributed by atoms with Gasteiger partial charge in [-0.2, -0.15) is 13.2 Å². The highest BCUT2D eigenvalue weighted by Gasteiger charge is 2.38. The first-order valence-corrected chi connectivity index (χ1v) is 7.30. The standard InChI is InChI=1S/C13H22F3N3O/c14-13(15,16)10-19(11-4-6-17-7-5-11)12(20)18-8-2-1-3-9-18/h11,17H,1-10H2. The van der Waals surface area contributed by atoms with Crippen LogP contribution in [0.3, 0.4) is 0 Å². The van der Waals surface area contributed by atoms with Gasteiger partial charge in [-0.3, -0.25) is 0 Å². The van der Waals surface area contributed by atoms with Crippen molar-refractivity contribution in [1.82, 2.24) is 15.1 Å². The van der Waals surface area contributed by atoms with E-state index in [4.69, 9.17) is 0 Å². The number of nitrogens with one attached hydrogen (secondary N) is 1. The van der Waals surface area contributed by atoms with Gasteiger partial charge in [0.2, 0.25) is 0 Å². The summed E-state index contributed by atoms with van der Waals surface area (Å²) < 4.78 is 38.3. The zero-order valence-corrected chi connectivity index (χ0v) is 11.6. The summed E-state index contributed by atoms with van der Waals surface area (Å²) in [6.07, 6.45) is -0.326. The van der Waals surface area contributed by atoms with Gasteiger partial charge in [0.25, 0.3) is 0 Å². The highest BCUT2D eigenvalue weighted by atomic mass is 19.4. The van der Waals surface area contributed by atoms with Gasteiger partial charge >= 0.3 is 12.2 Å². The first kappa shape index (κ1) is 15.4. The van der Waals surface area contributed by atoms with Crippen LogP contribution in [0.25, 0.3) is 0 Å². The first-order valence-electron chi connectivity index (χ1n) is 7.30. The molecule has 0 aromatic carbocycles. The molecular formula is C13H22F3N3O. The second kappa shape index (κ2) is 6.65. The summed E-state index contributed by atoms with van der Waals surface area (Å²) in [7, 11) is 0. The fourth-order valence-corrected chi connectivity index (χ4v) is 2.93. The molecule has 0 spiro atoms. The fraction of sp³-hybridized carbons (Fsp3) is 0.923. The van der Waals surface area contributed by atoms with Crippen LogP contribution >= 0.6 is 0 Å². The molecule has 0 aliphatic carbocycles.